The lowest BCUT2D eigenvalue weighted by molar-refractivity contribution is -0.123. The molecular formula is C29H23BrN2O5. The van der Waals surface area contributed by atoms with E-state index in [0.717, 1.165) is 15.6 Å². The van der Waals surface area contributed by atoms with Crippen LogP contribution in [0.15, 0.2) is 77.4 Å². The van der Waals surface area contributed by atoms with Crippen molar-refractivity contribution >= 4 is 45.3 Å². The van der Waals surface area contributed by atoms with Gasteiger partial charge in [0.1, 0.15) is 6.04 Å². The Hall–Kier alpha value is -3.91. The topological polar surface area (TPSA) is 76.2 Å². The quantitative estimate of drug-likeness (QED) is 0.328. The van der Waals surface area contributed by atoms with E-state index in [9.17, 15) is 14.4 Å². The molecule has 3 aromatic carbocycles. The number of nitrogens with zero attached hydrogens (tertiary/aromatic N) is 2. The molecule has 3 aromatic rings. The van der Waals surface area contributed by atoms with E-state index >= 15 is 0 Å². The molecule has 2 fully saturated rings. The number of imide groups is 1. The van der Waals surface area contributed by atoms with Crippen molar-refractivity contribution in [3.8, 4) is 11.5 Å². The van der Waals surface area contributed by atoms with Crippen LogP contribution in [0.5, 0.6) is 11.5 Å². The fraction of sp³-hybridized carbons (Fsp3) is 0.207. The van der Waals surface area contributed by atoms with Crippen LogP contribution >= 0.6 is 15.9 Å². The highest BCUT2D eigenvalue weighted by atomic mass is 79.9. The van der Waals surface area contributed by atoms with E-state index in [0.29, 0.717) is 22.7 Å². The number of carbonyl (C=O) groups excluding carboxylic acids is 3. The first-order valence-electron chi connectivity index (χ1n) is 11.9. The molecule has 0 aromatic heterocycles. The number of halogens is 1. The minimum Gasteiger partial charge on any atom is -0.493 e. The molecule has 0 aliphatic carbocycles. The molecule has 0 saturated carbocycles. The van der Waals surface area contributed by atoms with Crippen molar-refractivity contribution in [2.45, 2.75) is 12.1 Å². The molecule has 8 heteroatoms. The number of ether oxygens (including phenoxy) is 2. The van der Waals surface area contributed by atoms with Crippen LogP contribution in [0.4, 0.5) is 5.69 Å². The van der Waals surface area contributed by atoms with Gasteiger partial charge in [-0.15, -0.1) is 0 Å². The maximum atomic E-state index is 14.1. The third-order valence-corrected chi connectivity index (χ3v) is 8.01. The Kier molecular flexibility index (Phi) is 5.64. The molecule has 7 nitrogen and oxygen atoms in total. The van der Waals surface area contributed by atoms with Gasteiger partial charge in [-0.3, -0.25) is 14.4 Å². The molecule has 3 heterocycles. The first-order chi connectivity index (χ1) is 17.9. The van der Waals surface area contributed by atoms with Crippen LogP contribution in [0.25, 0.3) is 6.08 Å². The van der Waals surface area contributed by atoms with Gasteiger partial charge in [-0.25, -0.2) is 4.90 Å². The third kappa shape index (κ3) is 3.50. The zero-order valence-corrected chi connectivity index (χ0v) is 21.7. The van der Waals surface area contributed by atoms with Crippen LogP contribution in [0.3, 0.4) is 0 Å². The van der Waals surface area contributed by atoms with Gasteiger partial charge >= 0.3 is 0 Å². The molecule has 4 atom stereocenters. The number of Topliss-reactive ketones (excluding diaryl/α,β-unsaturated/α-hetero) is 1. The van der Waals surface area contributed by atoms with Crippen LogP contribution in [0, 0.1) is 11.8 Å². The summed E-state index contributed by atoms with van der Waals surface area (Å²) in [6.07, 6.45) is 3.78. The second kappa shape index (κ2) is 8.88. The van der Waals surface area contributed by atoms with Crippen LogP contribution in [0.2, 0.25) is 0 Å². The van der Waals surface area contributed by atoms with Crippen molar-refractivity contribution in [1.29, 1.82) is 0 Å². The Bertz CT molecular complexity index is 1470. The van der Waals surface area contributed by atoms with Crippen LogP contribution in [-0.4, -0.2) is 42.8 Å². The van der Waals surface area contributed by atoms with Crippen LogP contribution in [0.1, 0.15) is 27.5 Å². The molecule has 186 valence electrons. The molecule has 6 rings (SSSR count). The summed E-state index contributed by atoms with van der Waals surface area (Å²) >= 11 is 3.41. The SMILES string of the molecule is COc1ccc(C(=O)[C@@H]2[C@@H]3C(=O)N(c4ccc(Br)cc4)C(=O)[C@H]3[C@@H]3c4ccccc4C=CN23)cc1OC. The standard InChI is InChI=1S/C29H23BrN2O5/c1-36-21-12-7-17(15-22(21)37-2)27(33)26-24-23(25-20-6-4-3-5-16(20)13-14-31(25)26)28(34)32(29(24)35)19-10-8-18(30)9-11-19/h3-15,23-26H,1-2H3/t23-,24-,25+,26+/m1/s1. The number of rotatable bonds is 5. The highest BCUT2D eigenvalue weighted by Crippen LogP contribution is 2.53. The van der Waals surface area contributed by atoms with Gasteiger partial charge in [0, 0.05) is 16.2 Å². The molecule has 0 bridgehead atoms. The molecule has 0 spiro atoms. The first-order valence-corrected chi connectivity index (χ1v) is 12.7. The number of hydrogen-bond donors (Lipinski definition) is 0. The predicted octanol–water partition coefficient (Wildman–Crippen LogP) is 4.86. The Morgan fingerprint density at radius 3 is 2.30 bits per heavy atom. The lowest BCUT2D eigenvalue weighted by Gasteiger charge is -2.35. The maximum Gasteiger partial charge on any atom is 0.240 e. The van der Waals surface area contributed by atoms with Gasteiger partial charge in [0.2, 0.25) is 11.8 Å². The highest BCUT2D eigenvalue weighted by Gasteiger charge is 2.64. The van der Waals surface area contributed by atoms with Crippen molar-refractivity contribution in [2.75, 3.05) is 19.1 Å². The van der Waals surface area contributed by atoms with Crippen LogP contribution < -0.4 is 14.4 Å². The molecule has 2 amide bonds. The Labute approximate surface area is 222 Å². The van der Waals surface area contributed by atoms with Gasteiger partial charge in [-0.1, -0.05) is 40.2 Å². The summed E-state index contributed by atoms with van der Waals surface area (Å²) in [5.41, 5.74) is 2.79. The predicted molar refractivity (Wildman–Crippen MR) is 141 cm³/mol. The minimum atomic E-state index is -0.852. The number of anilines is 1. The van der Waals surface area contributed by atoms with Gasteiger partial charge in [-0.2, -0.15) is 0 Å². The van der Waals surface area contributed by atoms with Gasteiger partial charge in [0.15, 0.2) is 17.3 Å². The number of carbonyl (C=O) groups is 3. The molecule has 2 saturated heterocycles. The summed E-state index contributed by atoms with van der Waals surface area (Å²) in [6.45, 7) is 0. The lowest BCUT2D eigenvalue weighted by atomic mass is 9.83. The normalized spacial score (nSPS) is 23.5. The van der Waals surface area contributed by atoms with Crippen molar-refractivity contribution < 1.29 is 23.9 Å². The second-order valence-corrected chi connectivity index (χ2v) is 10.2. The maximum absolute atomic E-state index is 14.1. The minimum absolute atomic E-state index is 0.249. The fourth-order valence-corrected chi connectivity index (χ4v) is 6.13. The molecule has 3 aliphatic heterocycles. The average molecular weight is 559 g/mol. The number of fused-ring (bicyclic) bond motifs is 5. The molecular weight excluding hydrogens is 536 g/mol. The van der Waals surface area contributed by atoms with E-state index < -0.39 is 23.9 Å². The van der Waals surface area contributed by atoms with Gasteiger partial charge in [0.25, 0.3) is 0 Å². The monoisotopic (exact) mass is 558 g/mol. The van der Waals surface area contributed by atoms with Crippen LogP contribution in [-0.2, 0) is 9.59 Å². The molecule has 0 unspecified atom stereocenters. The van der Waals surface area contributed by atoms with Crippen molar-refractivity contribution in [1.82, 2.24) is 4.90 Å². The largest absolute Gasteiger partial charge is 0.493 e. The summed E-state index contributed by atoms with van der Waals surface area (Å²) in [5.74, 6) is -1.52. The Balaban J connectivity index is 1.48. The van der Waals surface area contributed by atoms with Crippen molar-refractivity contribution in [3.05, 3.63) is 94.1 Å². The zero-order chi connectivity index (χ0) is 25.8. The highest BCUT2D eigenvalue weighted by molar-refractivity contribution is 9.10. The van der Waals surface area contributed by atoms with Crippen molar-refractivity contribution in [3.63, 3.8) is 0 Å². The summed E-state index contributed by atoms with van der Waals surface area (Å²) in [5, 5.41) is 0. The van der Waals surface area contributed by atoms with E-state index in [1.54, 1.807) is 42.5 Å². The summed E-state index contributed by atoms with van der Waals surface area (Å²) in [4.78, 5) is 45.1. The van der Waals surface area contributed by atoms with E-state index in [1.807, 2.05) is 41.4 Å². The third-order valence-electron chi connectivity index (χ3n) is 7.48. The van der Waals surface area contributed by atoms with E-state index in [4.69, 9.17) is 9.47 Å². The van der Waals surface area contributed by atoms with E-state index in [-0.39, 0.29) is 17.6 Å². The number of amides is 2. The lowest BCUT2D eigenvalue weighted by Crippen LogP contribution is -2.44. The smallest absolute Gasteiger partial charge is 0.240 e. The second-order valence-electron chi connectivity index (χ2n) is 9.26. The zero-order valence-electron chi connectivity index (χ0n) is 20.1. The molecule has 0 radical (unpaired) electrons. The Morgan fingerprint density at radius 1 is 0.865 bits per heavy atom. The number of ketones is 1. The van der Waals surface area contributed by atoms with Crippen molar-refractivity contribution in [2.24, 2.45) is 11.8 Å². The van der Waals surface area contributed by atoms with Gasteiger partial charge in [0.05, 0.1) is 37.8 Å². The summed E-state index contributed by atoms with van der Waals surface area (Å²) in [6, 6.07) is 18.5. The summed E-state index contributed by atoms with van der Waals surface area (Å²) < 4.78 is 11.6. The number of hydrogen-bond acceptors (Lipinski definition) is 6. The average Bonchev–Trinajstić information content (AvgIpc) is 3.40. The number of methoxy groups -OCH3 is 2. The molecule has 0 N–H and O–H groups in total. The van der Waals surface area contributed by atoms with E-state index in [1.165, 1.54) is 19.1 Å². The Morgan fingerprint density at radius 2 is 1.57 bits per heavy atom. The van der Waals surface area contributed by atoms with Gasteiger partial charge < -0.3 is 14.4 Å². The first kappa shape index (κ1) is 23.5. The summed E-state index contributed by atoms with van der Waals surface area (Å²) in [7, 11) is 3.04. The number of benzene rings is 3. The van der Waals surface area contributed by atoms with E-state index in [2.05, 4.69) is 15.9 Å². The van der Waals surface area contributed by atoms with Gasteiger partial charge in [-0.05, 0) is 59.7 Å². The molecule has 3 aliphatic rings. The fourth-order valence-electron chi connectivity index (χ4n) is 5.86. The molecule has 37 heavy (non-hydrogen) atoms.